The van der Waals surface area contributed by atoms with Gasteiger partial charge in [-0.1, -0.05) is 42.7 Å². The molecule has 1 amide bonds. The number of aromatic nitrogens is 2. The normalized spacial score (nSPS) is 11.8. The first kappa shape index (κ1) is 24.4. The van der Waals surface area contributed by atoms with Gasteiger partial charge in [-0.3, -0.25) is 9.79 Å². The van der Waals surface area contributed by atoms with Gasteiger partial charge in [0.2, 0.25) is 0 Å². The van der Waals surface area contributed by atoms with Gasteiger partial charge in [0.05, 0.1) is 11.3 Å². The van der Waals surface area contributed by atoms with Crippen LogP contribution in [0.4, 0.5) is 0 Å². The highest BCUT2D eigenvalue weighted by Gasteiger charge is 2.10. The first-order valence-corrected chi connectivity index (χ1v) is 10.7. The van der Waals surface area contributed by atoms with Crippen LogP contribution in [0.15, 0.2) is 90.4 Å². The van der Waals surface area contributed by atoms with E-state index in [0.29, 0.717) is 12.1 Å². The van der Waals surface area contributed by atoms with Crippen molar-refractivity contribution in [3.8, 4) is 17.5 Å². The average Bonchev–Trinajstić information content (AvgIpc) is 3.35. The molecular formula is C27H30N4O. The number of nitrogens with one attached hydrogen (secondary N) is 1. The number of hydrogen-bond donors (Lipinski definition) is 1. The molecule has 1 aromatic carbocycles. The van der Waals surface area contributed by atoms with Crippen LogP contribution < -0.4 is 5.32 Å². The van der Waals surface area contributed by atoms with Crippen molar-refractivity contribution in [1.82, 2.24) is 15.1 Å². The molecule has 0 spiro atoms. The standard InChI is InChI=1S/C27H30N4O/c1-4-7-12-23(6-3)13-14-24-22-25(15-16-26(24)31-21-11-20-30-31)27(32)29-19-10-8-9-18-28-17-5-2/h4-7,11-12,15-18,20-22H,3,8-10,19H2,1-2H3,(H,29,32)/b7-4-,17-5-,23-12+,28-18?. The van der Waals surface area contributed by atoms with E-state index >= 15 is 0 Å². The van der Waals surface area contributed by atoms with Crippen molar-refractivity contribution in [2.45, 2.75) is 33.1 Å². The van der Waals surface area contributed by atoms with Crippen LogP contribution in [0.25, 0.3) is 5.69 Å². The Labute approximate surface area is 191 Å². The molecule has 1 heterocycles. The van der Waals surface area contributed by atoms with Gasteiger partial charge in [-0.05, 0) is 63.5 Å². The van der Waals surface area contributed by atoms with E-state index in [1.165, 1.54) is 0 Å². The van der Waals surface area contributed by atoms with E-state index < -0.39 is 0 Å². The number of hydrogen-bond acceptors (Lipinski definition) is 3. The molecule has 0 bridgehead atoms. The highest BCUT2D eigenvalue weighted by Crippen LogP contribution is 2.16. The number of unbranched alkanes of at least 4 members (excludes halogenated alkanes) is 2. The molecule has 0 saturated carbocycles. The Bertz CT molecular complexity index is 1060. The Kier molecular flexibility index (Phi) is 10.8. The summed E-state index contributed by atoms with van der Waals surface area (Å²) in [5.74, 6) is 6.18. The molecule has 0 aliphatic carbocycles. The van der Waals surface area contributed by atoms with Crippen molar-refractivity contribution in [3.05, 3.63) is 96.5 Å². The highest BCUT2D eigenvalue weighted by molar-refractivity contribution is 5.95. The van der Waals surface area contributed by atoms with Crippen molar-refractivity contribution in [2.75, 3.05) is 6.54 Å². The summed E-state index contributed by atoms with van der Waals surface area (Å²) in [6.07, 6.45) is 19.3. The molecule has 0 saturated heterocycles. The van der Waals surface area contributed by atoms with Crippen molar-refractivity contribution in [2.24, 2.45) is 4.99 Å². The van der Waals surface area contributed by atoms with Crippen LogP contribution in [-0.2, 0) is 0 Å². The summed E-state index contributed by atoms with van der Waals surface area (Å²) in [6, 6.07) is 7.32. The summed E-state index contributed by atoms with van der Waals surface area (Å²) in [5.41, 5.74) is 2.89. The predicted molar refractivity (Wildman–Crippen MR) is 133 cm³/mol. The third-order valence-electron chi connectivity index (χ3n) is 4.43. The number of carbonyl (C=O) groups excluding carboxylic acids is 1. The van der Waals surface area contributed by atoms with E-state index in [1.54, 1.807) is 35.3 Å². The fraction of sp³-hybridized carbons (Fsp3) is 0.222. The molecule has 0 atom stereocenters. The van der Waals surface area contributed by atoms with Gasteiger partial charge >= 0.3 is 0 Å². The van der Waals surface area contributed by atoms with E-state index in [1.807, 2.05) is 62.7 Å². The molecule has 0 unspecified atom stereocenters. The van der Waals surface area contributed by atoms with Crippen LogP contribution in [0.5, 0.6) is 0 Å². The summed E-state index contributed by atoms with van der Waals surface area (Å²) >= 11 is 0. The fourth-order valence-electron chi connectivity index (χ4n) is 2.77. The van der Waals surface area contributed by atoms with Gasteiger partial charge in [0.1, 0.15) is 0 Å². The predicted octanol–water partition coefficient (Wildman–Crippen LogP) is 5.42. The Morgan fingerprint density at radius 2 is 2.16 bits per heavy atom. The third-order valence-corrected chi connectivity index (χ3v) is 4.43. The molecule has 2 rings (SSSR count). The van der Waals surface area contributed by atoms with Crippen LogP contribution in [0, 0.1) is 11.8 Å². The van der Waals surface area contributed by atoms with E-state index in [-0.39, 0.29) is 5.91 Å². The smallest absolute Gasteiger partial charge is 0.251 e. The summed E-state index contributed by atoms with van der Waals surface area (Å²) < 4.78 is 1.74. The lowest BCUT2D eigenvalue weighted by Gasteiger charge is -2.09. The molecule has 2 aromatic rings. The maximum Gasteiger partial charge on any atom is 0.251 e. The zero-order valence-electron chi connectivity index (χ0n) is 18.8. The lowest BCUT2D eigenvalue weighted by molar-refractivity contribution is 0.0953. The fourth-order valence-corrected chi connectivity index (χ4v) is 2.77. The number of aliphatic imine (C=N–C) groups is 1. The Hall–Kier alpha value is -3.91. The topological polar surface area (TPSA) is 59.3 Å². The zero-order valence-corrected chi connectivity index (χ0v) is 18.8. The van der Waals surface area contributed by atoms with Crippen LogP contribution >= 0.6 is 0 Å². The molecule has 32 heavy (non-hydrogen) atoms. The lowest BCUT2D eigenvalue weighted by atomic mass is 10.1. The van der Waals surface area contributed by atoms with Gasteiger partial charge < -0.3 is 5.32 Å². The zero-order chi connectivity index (χ0) is 23.0. The molecule has 0 radical (unpaired) electrons. The molecule has 0 aliphatic rings. The second-order valence-electron chi connectivity index (χ2n) is 6.85. The van der Waals surface area contributed by atoms with Crippen LogP contribution in [0.1, 0.15) is 49.0 Å². The van der Waals surface area contributed by atoms with Gasteiger partial charge in [0.15, 0.2) is 0 Å². The maximum absolute atomic E-state index is 12.7. The summed E-state index contributed by atoms with van der Waals surface area (Å²) in [5, 5.41) is 7.28. The molecule has 0 fully saturated rings. The minimum atomic E-state index is -0.115. The quantitative estimate of drug-likeness (QED) is 0.239. The van der Waals surface area contributed by atoms with E-state index in [4.69, 9.17) is 0 Å². The minimum Gasteiger partial charge on any atom is -0.352 e. The van der Waals surface area contributed by atoms with Crippen molar-refractivity contribution in [1.29, 1.82) is 0 Å². The largest absolute Gasteiger partial charge is 0.352 e. The van der Waals surface area contributed by atoms with Crippen LogP contribution in [0.3, 0.4) is 0 Å². The number of nitrogens with zero attached hydrogens (tertiary/aromatic N) is 3. The van der Waals surface area contributed by atoms with Gasteiger partial charge in [-0.15, -0.1) is 0 Å². The second-order valence-corrected chi connectivity index (χ2v) is 6.85. The minimum absolute atomic E-state index is 0.115. The Morgan fingerprint density at radius 1 is 1.28 bits per heavy atom. The van der Waals surface area contributed by atoms with Crippen molar-refractivity contribution < 1.29 is 4.79 Å². The summed E-state index contributed by atoms with van der Waals surface area (Å²) in [4.78, 5) is 16.8. The highest BCUT2D eigenvalue weighted by atomic mass is 16.1. The van der Waals surface area contributed by atoms with E-state index in [0.717, 1.165) is 36.1 Å². The van der Waals surface area contributed by atoms with Crippen molar-refractivity contribution in [3.63, 3.8) is 0 Å². The number of allylic oxidation sites excluding steroid dienone is 6. The first-order valence-electron chi connectivity index (χ1n) is 10.7. The molecule has 164 valence electrons. The summed E-state index contributed by atoms with van der Waals surface area (Å²) in [6.45, 7) is 8.31. The summed E-state index contributed by atoms with van der Waals surface area (Å²) in [7, 11) is 0. The van der Waals surface area contributed by atoms with Crippen LogP contribution in [0.2, 0.25) is 0 Å². The molecule has 5 nitrogen and oxygen atoms in total. The number of carbonyl (C=O) groups is 1. The molecule has 5 heteroatoms. The van der Waals surface area contributed by atoms with Gasteiger partial charge in [0.25, 0.3) is 5.91 Å². The maximum atomic E-state index is 12.7. The van der Waals surface area contributed by atoms with E-state index in [9.17, 15) is 4.79 Å². The lowest BCUT2D eigenvalue weighted by Crippen LogP contribution is -2.24. The van der Waals surface area contributed by atoms with Gasteiger partial charge in [-0.25, -0.2) is 4.68 Å². The molecule has 1 N–H and O–H groups in total. The Morgan fingerprint density at radius 3 is 2.88 bits per heavy atom. The first-order chi connectivity index (χ1) is 15.7. The van der Waals surface area contributed by atoms with Crippen LogP contribution in [-0.4, -0.2) is 28.4 Å². The SMILES string of the molecule is C=C/C(C#Cc1cc(C(=O)NCCCCC=N/C=C\C)ccc1-n1cccn1)=C\C=C/C. The van der Waals surface area contributed by atoms with E-state index in [2.05, 4.69) is 33.8 Å². The molecule has 1 aromatic heterocycles. The average molecular weight is 427 g/mol. The second kappa shape index (κ2) is 14.2. The third kappa shape index (κ3) is 8.08. The van der Waals surface area contributed by atoms with Gasteiger partial charge in [-0.2, -0.15) is 5.10 Å². The van der Waals surface area contributed by atoms with Gasteiger partial charge in [0, 0.05) is 42.5 Å². The molecular weight excluding hydrogens is 396 g/mol. The monoisotopic (exact) mass is 426 g/mol. The number of benzene rings is 1. The Balaban J connectivity index is 2.13. The number of amides is 1. The van der Waals surface area contributed by atoms with Crippen molar-refractivity contribution >= 4 is 12.1 Å². The number of rotatable bonds is 10. The molecule has 0 aliphatic heterocycles.